The van der Waals surface area contributed by atoms with Crippen molar-refractivity contribution < 1.29 is 0 Å². The number of nitrogens with zero attached hydrogens (tertiary/aromatic N) is 1. The first-order valence-corrected chi connectivity index (χ1v) is 5.10. The van der Waals surface area contributed by atoms with Crippen LogP contribution in [0.15, 0.2) is 54.6 Å². The van der Waals surface area contributed by atoms with Gasteiger partial charge in [0.15, 0.2) is 0 Å². The molecule has 2 aromatic rings. The highest BCUT2D eigenvalue weighted by molar-refractivity contribution is 6.92. The van der Waals surface area contributed by atoms with Gasteiger partial charge in [-0.2, -0.15) is 9.90 Å². The van der Waals surface area contributed by atoms with Crippen LogP contribution in [-0.2, 0) is 0 Å². The van der Waals surface area contributed by atoms with Crippen LogP contribution in [0.2, 0.25) is 0 Å². The first-order valence-electron chi connectivity index (χ1n) is 5.10. The molecular weight excluding hydrogens is 213 g/mol. The highest BCUT2D eigenvalue weighted by atomic mass is 31.0. The van der Waals surface area contributed by atoms with Crippen LogP contribution >= 0.6 is 9.90 Å². The van der Waals surface area contributed by atoms with Crippen molar-refractivity contribution in [3.8, 4) is 11.1 Å². The smallest absolute Gasteiger partial charge is 0.0361 e. The Labute approximate surface area is 101 Å². The van der Waals surface area contributed by atoms with E-state index in [0.29, 0.717) is 0 Å². The van der Waals surface area contributed by atoms with Crippen molar-refractivity contribution in [2.75, 3.05) is 19.0 Å². The lowest BCUT2D eigenvalue weighted by Crippen LogP contribution is -2.07. The lowest BCUT2D eigenvalue weighted by atomic mass is 10.1. The van der Waals surface area contributed by atoms with Crippen molar-refractivity contribution in [3.05, 3.63) is 54.6 Å². The Morgan fingerprint density at radius 2 is 1.19 bits per heavy atom. The second-order valence-electron chi connectivity index (χ2n) is 3.81. The number of rotatable bonds is 2. The zero-order chi connectivity index (χ0) is 10.7. The molecule has 1 atom stereocenters. The van der Waals surface area contributed by atoms with Crippen molar-refractivity contribution >= 4 is 15.6 Å². The average molecular weight is 231 g/mol. The van der Waals surface area contributed by atoms with Gasteiger partial charge < -0.3 is 4.90 Å². The molecular formula is C14H18NP. The van der Waals surface area contributed by atoms with Gasteiger partial charge in [0.25, 0.3) is 0 Å². The minimum atomic E-state index is 0. The van der Waals surface area contributed by atoms with Gasteiger partial charge in [0.05, 0.1) is 0 Å². The normalized spacial score (nSPS) is 9.38. The quantitative estimate of drug-likeness (QED) is 0.715. The summed E-state index contributed by atoms with van der Waals surface area (Å²) >= 11 is 0. The highest BCUT2D eigenvalue weighted by Gasteiger charge is 1.97. The Kier molecular flexibility index (Phi) is 4.52. The lowest BCUT2D eigenvalue weighted by Gasteiger charge is -2.12. The predicted molar refractivity (Wildman–Crippen MR) is 77.3 cm³/mol. The van der Waals surface area contributed by atoms with Gasteiger partial charge in [-0.25, -0.2) is 0 Å². The monoisotopic (exact) mass is 231 g/mol. The molecule has 0 fully saturated rings. The topological polar surface area (TPSA) is 3.24 Å². The molecule has 0 aromatic heterocycles. The third-order valence-corrected chi connectivity index (χ3v) is 2.49. The first kappa shape index (κ1) is 12.7. The van der Waals surface area contributed by atoms with Gasteiger partial charge in [-0.3, -0.25) is 0 Å². The van der Waals surface area contributed by atoms with Crippen LogP contribution < -0.4 is 4.90 Å². The van der Waals surface area contributed by atoms with Crippen molar-refractivity contribution in [1.82, 2.24) is 0 Å². The number of hydrogen-bond acceptors (Lipinski definition) is 1. The minimum Gasteiger partial charge on any atom is -0.378 e. The largest absolute Gasteiger partial charge is 0.378 e. The third-order valence-electron chi connectivity index (χ3n) is 2.49. The second kappa shape index (κ2) is 5.67. The molecule has 2 aromatic carbocycles. The summed E-state index contributed by atoms with van der Waals surface area (Å²) in [7, 11) is 4.11. The van der Waals surface area contributed by atoms with Gasteiger partial charge in [0.2, 0.25) is 0 Å². The van der Waals surface area contributed by atoms with Crippen LogP contribution in [0.25, 0.3) is 11.1 Å². The Morgan fingerprint density at radius 1 is 0.688 bits per heavy atom. The Balaban J connectivity index is 0.00000128. The van der Waals surface area contributed by atoms with Crippen molar-refractivity contribution in [1.29, 1.82) is 0 Å². The van der Waals surface area contributed by atoms with E-state index < -0.39 is 0 Å². The summed E-state index contributed by atoms with van der Waals surface area (Å²) in [6.45, 7) is 0. The molecule has 0 heterocycles. The zero-order valence-electron chi connectivity index (χ0n) is 9.85. The van der Waals surface area contributed by atoms with E-state index in [1.165, 1.54) is 16.8 Å². The highest BCUT2D eigenvalue weighted by Crippen LogP contribution is 2.21. The van der Waals surface area contributed by atoms with Crippen LogP contribution in [0.1, 0.15) is 0 Å². The molecule has 2 heteroatoms. The van der Waals surface area contributed by atoms with E-state index in [9.17, 15) is 0 Å². The van der Waals surface area contributed by atoms with Crippen molar-refractivity contribution in [2.24, 2.45) is 0 Å². The molecule has 0 aliphatic rings. The summed E-state index contributed by atoms with van der Waals surface area (Å²) in [5.74, 6) is 0. The number of hydrogen-bond donors (Lipinski definition) is 0. The molecule has 0 saturated heterocycles. The third kappa shape index (κ3) is 2.84. The summed E-state index contributed by atoms with van der Waals surface area (Å²) < 4.78 is 0. The molecule has 0 aliphatic carbocycles. The molecule has 0 amide bonds. The average Bonchev–Trinajstić information content (AvgIpc) is 2.30. The Hall–Kier alpha value is -1.33. The van der Waals surface area contributed by atoms with Gasteiger partial charge in [0, 0.05) is 19.8 Å². The molecule has 0 N–H and O–H groups in total. The Morgan fingerprint density at radius 3 is 1.69 bits per heavy atom. The molecule has 84 valence electrons. The fourth-order valence-electron chi connectivity index (χ4n) is 1.58. The fourth-order valence-corrected chi connectivity index (χ4v) is 1.58. The molecule has 1 nitrogen and oxygen atoms in total. The van der Waals surface area contributed by atoms with E-state index in [0.717, 1.165) is 0 Å². The molecule has 1 unspecified atom stereocenters. The van der Waals surface area contributed by atoms with E-state index in [1.54, 1.807) is 0 Å². The van der Waals surface area contributed by atoms with Gasteiger partial charge >= 0.3 is 0 Å². The van der Waals surface area contributed by atoms with Crippen LogP contribution in [0.3, 0.4) is 0 Å². The summed E-state index contributed by atoms with van der Waals surface area (Å²) in [4.78, 5) is 2.11. The summed E-state index contributed by atoms with van der Waals surface area (Å²) in [5.41, 5.74) is 3.76. The zero-order valence-corrected chi connectivity index (χ0v) is 11.3. The maximum atomic E-state index is 2.16. The maximum Gasteiger partial charge on any atom is 0.0361 e. The van der Waals surface area contributed by atoms with Crippen LogP contribution in [0, 0.1) is 0 Å². The van der Waals surface area contributed by atoms with Crippen LogP contribution in [-0.4, -0.2) is 14.1 Å². The SMILES string of the molecule is CN(C)c1ccc(-c2ccccc2)cc1.P. The van der Waals surface area contributed by atoms with E-state index in [2.05, 4.69) is 67.5 Å². The molecule has 0 bridgehead atoms. The van der Waals surface area contributed by atoms with Crippen LogP contribution in [0.4, 0.5) is 5.69 Å². The lowest BCUT2D eigenvalue weighted by molar-refractivity contribution is 1.13. The summed E-state index contributed by atoms with van der Waals surface area (Å²) in [5, 5.41) is 0. The van der Waals surface area contributed by atoms with Gasteiger partial charge in [0.1, 0.15) is 0 Å². The molecule has 0 spiro atoms. The number of benzene rings is 2. The minimum absolute atomic E-state index is 0. The van der Waals surface area contributed by atoms with Crippen molar-refractivity contribution in [3.63, 3.8) is 0 Å². The van der Waals surface area contributed by atoms with Crippen LogP contribution in [0.5, 0.6) is 0 Å². The molecule has 2 rings (SSSR count). The molecule has 0 aliphatic heterocycles. The van der Waals surface area contributed by atoms with E-state index >= 15 is 0 Å². The van der Waals surface area contributed by atoms with Gasteiger partial charge in [-0.15, -0.1) is 0 Å². The van der Waals surface area contributed by atoms with Crippen molar-refractivity contribution in [2.45, 2.75) is 0 Å². The molecule has 0 radical (unpaired) electrons. The number of anilines is 1. The fraction of sp³-hybridized carbons (Fsp3) is 0.143. The summed E-state index contributed by atoms with van der Waals surface area (Å²) in [6, 6.07) is 19.0. The molecule has 16 heavy (non-hydrogen) atoms. The van der Waals surface area contributed by atoms with E-state index in [-0.39, 0.29) is 9.90 Å². The maximum absolute atomic E-state index is 2.16. The van der Waals surface area contributed by atoms with Gasteiger partial charge in [-0.1, -0.05) is 42.5 Å². The summed E-state index contributed by atoms with van der Waals surface area (Å²) in [6.07, 6.45) is 0. The van der Waals surface area contributed by atoms with E-state index in [1.807, 2.05) is 6.07 Å². The van der Waals surface area contributed by atoms with Gasteiger partial charge in [-0.05, 0) is 23.3 Å². The second-order valence-corrected chi connectivity index (χ2v) is 3.81. The predicted octanol–water partition coefficient (Wildman–Crippen LogP) is 3.48. The standard InChI is InChI=1S/C14H15N.H3P/c1-15(2)14-10-8-13(9-11-14)12-6-4-3-5-7-12;/h3-11H,1-2H3;1H3. The first-order chi connectivity index (χ1) is 7.27. The molecule has 0 saturated carbocycles. The Bertz CT molecular complexity index is 420. The van der Waals surface area contributed by atoms with E-state index in [4.69, 9.17) is 0 Å².